The van der Waals surface area contributed by atoms with Crippen molar-refractivity contribution < 1.29 is 4.92 Å². The normalized spacial score (nSPS) is 11.6. The highest BCUT2D eigenvalue weighted by molar-refractivity contribution is 6.19. The van der Waals surface area contributed by atoms with Gasteiger partial charge in [0, 0.05) is 11.5 Å². The minimum absolute atomic E-state index is 0.0265. The third-order valence-electron chi connectivity index (χ3n) is 3.89. The SMILES string of the molecule is Nc1c([N+](=O)[O-])cc2c3c(cccc13)-c1ccccc1-2. The molecule has 96 valence electrons. The van der Waals surface area contributed by atoms with Crippen LogP contribution in [0.25, 0.3) is 33.0 Å². The molecule has 0 bridgehead atoms. The largest absolute Gasteiger partial charge is 0.393 e. The Kier molecular flexibility index (Phi) is 1.96. The summed E-state index contributed by atoms with van der Waals surface area (Å²) in [6.45, 7) is 0. The van der Waals surface area contributed by atoms with E-state index in [4.69, 9.17) is 5.73 Å². The Morgan fingerprint density at radius 2 is 1.55 bits per heavy atom. The Bertz CT molecular complexity index is 900. The molecular weight excluding hydrogens is 252 g/mol. The molecule has 0 aromatic heterocycles. The summed E-state index contributed by atoms with van der Waals surface area (Å²) < 4.78 is 0. The van der Waals surface area contributed by atoms with Crippen LogP contribution < -0.4 is 5.73 Å². The molecule has 0 atom stereocenters. The molecule has 3 aromatic carbocycles. The standard InChI is InChI=1S/C16H10N2O2/c17-16-12-7-3-6-11-9-4-1-2-5-10(9)13(15(11)12)8-14(16)18(19)20/h1-8H,17H2. The van der Waals surface area contributed by atoms with E-state index in [2.05, 4.69) is 0 Å². The summed E-state index contributed by atoms with van der Waals surface area (Å²) in [5.41, 5.74) is 10.3. The fraction of sp³-hybridized carbons (Fsp3) is 0. The third-order valence-corrected chi connectivity index (χ3v) is 3.89. The van der Waals surface area contributed by atoms with Gasteiger partial charge in [-0.05, 0) is 27.6 Å². The lowest BCUT2D eigenvalue weighted by Gasteiger charge is -2.06. The maximum atomic E-state index is 11.2. The number of nitro groups is 1. The molecule has 2 N–H and O–H groups in total. The lowest BCUT2D eigenvalue weighted by atomic mass is 10.0. The van der Waals surface area contributed by atoms with Crippen LogP contribution in [0.1, 0.15) is 0 Å². The molecule has 4 nitrogen and oxygen atoms in total. The molecule has 0 fully saturated rings. The Morgan fingerprint density at radius 1 is 0.900 bits per heavy atom. The van der Waals surface area contributed by atoms with Gasteiger partial charge in [0.2, 0.25) is 0 Å². The minimum atomic E-state index is -0.418. The van der Waals surface area contributed by atoms with E-state index >= 15 is 0 Å². The van der Waals surface area contributed by atoms with Gasteiger partial charge in [-0.1, -0.05) is 42.5 Å². The fourth-order valence-electron chi connectivity index (χ4n) is 3.03. The van der Waals surface area contributed by atoms with Gasteiger partial charge in [0.1, 0.15) is 5.69 Å². The van der Waals surface area contributed by atoms with Gasteiger partial charge in [0.15, 0.2) is 0 Å². The maximum Gasteiger partial charge on any atom is 0.293 e. The summed E-state index contributed by atoms with van der Waals surface area (Å²) in [7, 11) is 0. The van der Waals surface area contributed by atoms with Crippen molar-refractivity contribution in [3.05, 3.63) is 58.6 Å². The van der Waals surface area contributed by atoms with Crippen molar-refractivity contribution >= 4 is 22.1 Å². The van der Waals surface area contributed by atoms with Crippen LogP contribution in [0.2, 0.25) is 0 Å². The van der Waals surface area contributed by atoms with Crippen LogP contribution in [0.4, 0.5) is 11.4 Å². The van der Waals surface area contributed by atoms with Crippen LogP contribution in [0.3, 0.4) is 0 Å². The minimum Gasteiger partial charge on any atom is -0.393 e. The first-order chi connectivity index (χ1) is 9.68. The number of benzene rings is 3. The lowest BCUT2D eigenvalue weighted by molar-refractivity contribution is -0.383. The highest BCUT2D eigenvalue weighted by atomic mass is 16.6. The Balaban J connectivity index is 2.25. The molecule has 3 aromatic rings. The van der Waals surface area contributed by atoms with Crippen molar-refractivity contribution in [2.75, 3.05) is 5.73 Å². The van der Waals surface area contributed by atoms with Crippen LogP contribution in [0.5, 0.6) is 0 Å². The number of nitro benzene ring substituents is 1. The van der Waals surface area contributed by atoms with Crippen LogP contribution in [0.15, 0.2) is 48.5 Å². The highest BCUT2D eigenvalue weighted by Gasteiger charge is 2.26. The predicted octanol–water partition coefficient (Wildman–Crippen LogP) is 3.98. The summed E-state index contributed by atoms with van der Waals surface area (Å²) in [5, 5.41) is 13.0. The summed E-state index contributed by atoms with van der Waals surface area (Å²) in [4.78, 5) is 10.8. The van der Waals surface area contributed by atoms with Crippen LogP contribution in [-0.4, -0.2) is 4.92 Å². The molecule has 1 aliphatic rings. The van der Waals surface area contributed by atoms with E-state index in [0.29, 0.717) is 0 Å². The van der Waals surface area contributed by atoms with E-state index in [1.807, 2.05) is 42.5 Å². The summed E-state index contributed by atoms with van der Waals surface area (Å²) in [6.07, 6.45) is 0. The third kappa shape index (κ3) is 1.20. The molecule has 0 unspecified atom stereocenters. The molecule has 0 spiro atoms. The molecule has 20 heavy (non-hydrogen) atoms. The quantitative estimate of drug-likeness (QED) is 0.320. The van der Waals surface area contributed by atoms with Crippen molar-refractivity contribution in [2.45, 2.75) is 0 Å². The first-order valence-electron chi connectivity index (χ1n) is 6.28. The van der Waals surface area contributed by atoms with E-state index in [1.54, 1.807) is 6.07 Å². The molecule has 0 saturated carbocycles. The Labute approximate surface area is 114 Å². The van der Waals surface area contributed by atoms with Gasteiger partial charge in [0.05, 0.1) is 4.92 Å². The van der Waals surface area contributed by atoms with Gasteiger partial charge in [-0.15, -0.1) is 0 Å². The Hall–Kier alpha value is -2.88. The number of hydrogen-bond acceptors (Lipinski definition) is 3. The molecule has 0 aliphatic heterocycles. The smallest absolute Gasteiger partial charge is 0.293 e. The van der Waals surface area contributed by atoms with E-state index in [9.17, 15) is 10.1 Å². The molecule has 1 aliphatic carbocycles. The summed E-state index contributed by atoms with van der Waals surface area (Å²) >= 11 is 0. The molecule has 0 heterocycles. The van der Waals surface area contributed by atoms with Crippen molar-refractivity contribution in [1.82, 2.24) is 0 Å². The summed E-state index contributed by atoms with van der Waals surface area (Å²) in [5.74, 6) is 0. The first-order valence-corrected chi connectivity index (χ1v) is 6.28. The van der Waals surface area contributed by atoms with Crippen LogP contribution in [-0.2, 0) is 0 Å². The van der Waals surface area contributed by atoms with Gasteiger partial charge >= 0.3 is 0 Å². The van der Waals surface area contributed by atoms with Crippen molar-refractivity contribution in [3.8, 4) is 22.3 Å². The molecule has 4 rings (SSSR count). The van der Waals surface area contributed by atoms with Crippen LogP contribution >= 0.6 is 0 Å². The number of anilines is 1. The van der Waals surface area contributed by atoms with E-state index in [1.165, 1.54) is 0 Å². The van der Waals surface area contributed by atoms with Crippen molar-refractivity contribution in [3.63, 3.8) is 0 Å². The monoisotopic (exact) mass is 262 g/mol. The van der Waals surface area contributed by atoms with Crippen LogP contribution in [0, 0.1) is 10.1 Å². The second-order valence-corrected chi connectivity index (χ2v) is 4.89. The zero-order chi connectivity index (χ0) is 13.9. The maximum absolute atomic E-state index is 11.2. The number of rotatable bonds is 1. The average molecular weight is 262 g/mol. The number of hydrogen-bond donors (Lipinski definition) is 1. The summed E-state index contributed by atoms with van der Waals surface area (Å²) in [6, 6.07) is 15.3. The van der Waals surface area contributed by atoms with Gasteiger partial charge in [-0.25, -0.2) is 0 Å². The zero-order valence-electron chi connectivity index (χ0n) is 10.5. The van der Waals surface area contributed by atoms with E-state index in [0.717, 1.165) is 33.0 Å². The first kappa shape index (κ1) is 11.0. The second kappa shape index (κ2) is 3.57. The average Bonchev–Trinajstić information content (AvgIpc) is 2.78. The number of nitrogen functional groups attached to an aromatic ring is 1. The van der Waals surface area contributed by atoms with E-state index in [-0.39, 0.29) is 11.4 Å². The van der Waals surface area contributed by atoms with Crippen molar-refractivity contribution in [1.29, 1.82) is 0 Å². The molecule has 0 saturated heterocycles. The highest BCUT2D eigenvalue weighted by Crippen LogP contribution is 2.50. The van der Waals surface area contributed by atoms with Gasteiger partial charge < -0.3 is 5.73 Å². The zero-order valence-corrected chi connectivity index (χ0v) is 10.5. The molecule has 0 radical (unpaired) electrons. The topological polar surface area (TPSA) is 69.2 Å². The van der Waals surface area contributed by atoms with Gasteiger partial charge in [-0.3, -0.25) is 10.1 Å². The number of nitrogens with zero attached hydrogens (tertiary/aromatic N) is 1. The van der Waals surface area contributed by atoms with Gasteiger partial charge in [0.25, 0.3) is 5.69 Å². The predicted molar refractivity (Wildman–Crippen MR) is 79.4 cm³/mol. The lowest BCUT2D eigenvalue weighted by Crippen LogP contribution is -1.97. The van der Waals surface area contributed by atoms with Crippen molar-refractivity contribution in [2.24, 2.45) is 0 Å². The molecule has 4 heteroatoms. The number of fused-ring (bicyclic) bond motifs is 3. The second-order valence-electron chi connectivity index (χ2n) is 4.89. The fourth-order valence-corrected chi connectivity index (χ4v) is 3.03. The number of nitrogens with two attached hydrogens (primary N) is 1. The Morgan fingerprint density at radius 3 is 2.25 bits per heavy atom. The van der Waals surface area contributed by atoms with E-state index < -0.39 is 4.92 Å². The molecule has 0 amide bonds. The van der Waals surface area contributed by atoms with Gasteiger partial charge in [-0.2, -0.15) is 0 Å². The molecular formula is C16H10N2O2.